The van der Waals surface area contributed by atoms with E-state index in [2.05, 4.69) is 16.0 Å². The third kappa shape index (κ3) is 6.36. The molecule has 0 saturated heterocycles. The highest BCUT2D eigenvalue weighted by atomic mass is 16.2. The summed E-state index contributed by atoms with van der Waals surface area (Å²) in [6, 6.07) is -0.565. The normalized spacial score (nSPS) is 12.3. The average Bonchev–Trinajstić information content (AvgIpc) is 2.25. The summed E-state index contributed by atoms with van der Waals surface area (Å²) in [7, 11) is 1.80. The smallest absolute Gasteiger partial charge is 0.239 e. The molecule has 16 heavy (non-hydrogen) atoms. The van der Waals surface area contributed by atoms with E-state index in [1.165, 1.54) is 0 Å². The number of hydrogen-bond donors (Lipinski definition) is 4. The minimum absolute atomic E-state index is 0.0248. The molecule has 0 aliphatic rings. The van der Waals surface area contributed by atoms with E-state index >= 15 is 0 Å². The maximum atomic E-state index is 11.4. The number of nitrogens with two attached hydrogens (primary N) is 1. The van der Waals surface area contributed by atoms with E-state index in [1.54, 1.807) is 7.05 Å². The summed E-state index contributed by atoms with van der Waals surface area (Å²) in [5, 5.41) is 8.04. The standard InChI is InChI=1S/C10H22N4O2/c1-7(2)9(11)10(16)14-6-8(15)13-5-4-12-3/h7,9,12H,4-6,11H2,1-3H3,(H,13,15)(H,14,16). The van der Waals surface area contributed by atoms with Crippen LogP contribution >= 0.6 is 0 Å². The minimum atomic E-state index is -0.565. The number of rotatable bonds is 7. The van der Waals surface area contributed by atoms with E-state index in [9.17, 15) is 9.59 Å². The first kappa shape index (κ1) is 14.9. The molecule has 0 aliphatic carbocycles. The van der Waals surface area contributed by atoms with E-state index < -0.39 is 6.04 Å². The van der Waals surface area contributed by atoms with Crippen LogP contribution in [0.1, 0.15) is 13.8 Å². The summed E-state index contributed by atoms with van der Waals surface area (Å²) in [6.07, 6.45) is 0. The number of nitrogens with one attached hydrogen (secondary N) is 3. The van der Waals surface area contributed by atoms with Crippen molar-refractivity contribution >= 4 is 11.8 Å². The van der Waals surface area contributed by atoms with Gasteiger partial charge in [0.15, 0.2) is 0 Å². The molecule has 2 amide bonds. The first-order valence-corrected chi connectivity index (χ1v) is 5.43. The molecule has 0 aromatic heterocycles. The van der Waals surface area contributed by atoms with Gasteiger partial charge in [-0.2, -0.15) is 0 Å². The summed E-state index contributed by atoms with van der Waals surface area (Å²) in [6.45, 7) is 4.93. The Kier molecular flexibility index (Phi) is 7.49. The maximum Gasteiger partial charge on any atom is 0.239 e. The molecular weight excluding hydrogens is 208 g/mol. The molecule has 0 fully saturated rings. The summed E-state index contributed by atoms with van der Waals surface area (Å²) in [4.78, 5) is 22.6. The van der Waals surface area contributed by atoms with E-state index in [1.807, 2.05) is 13.8 Å². The predicted octanol–water partition coefficient (Wildman–Crippen LogP) is -1.58. The van der Waals surface area contributed by atoms with Gasteiger partial charge >= 0.3 is 0 Å². The van der Waals surface area contributed by atoms with Crippen LogP contribution in [0.25, 0.3) is 0 Å². The van der Waals surface area contributed by atoms with Gasteiger partial charge < -0.3 is 21.7 Å². The summed E-state index contributed by atoms with van der Waals surface area (Å²) in [5.74, 6) is -0.439. The van der Waals surface area contributed by atoms with Crippen molar-refractivity contribution in [3.05, 3.63) is 0 Å². The molecule has 1 atom stereocenters. The van der Waals surface area contributed by atoms with Crippen LogP contribution in [0.3, 0.4) is 0 Å². The Labute approximate surface area is 96.3 Å². The lowest BCUT2D eigenvalue weighted by molar-refractivity contribution is -0.127. The molecular formula is C10H22N4O2. The molecule has 0 bridgehead atoms. The van der Waals surface area contributed by atoms with Gasteiger partial charge in [0.1, 0.15) is 0 Å². The van der Waals surface area contributed by atoms with Crippen molar-refractivity contribution < 1.29 is 9.59 Å². The monoisotopic (exact) mass is 230 g/mol. The fraction of sp³-hybridized carbons (Fsp3) is 0.800. The van der Waals surface area contributed by atoms with Gasteiger partial charge in [-0.05, 0) is 13.0 Å². The molecule has 0 radical (unpaired) electrons. The SMILES string of the molecule is CNCCNC(=O)CNC(=O)C(N)C(C)C. The van der Waals surface area contributed by atoms with Gasteiger partial charge in [0.25, 0.3) is 0 Å². The van der Waals surface area contributed by atoms with Crippen molar-refractivity contribution in [2.75, 3.05) is 26.7 Å². The Morgan fingerprint density at radius 3 is 2.31 bits per heavy atom. The van der Waals surface area contributed by atoms with Crippen LogP contribution in [0.15, 0.2) is 0 Å². The zero-order valence-corrected chi connectivity index (χ0v) is 10.2. The maximum absolute atomic E-state index is 11.4. The van der Waals surface area contributed by atoms with Gasteiger partial charge in [-0.25, -0.2) is 0 Å². The second-order valence-electron chi connectivity index (χ2n) is 3.94. The predicted molar refractivity (Wildman–Crippen MR) is 62.8 cm³/mol. The molecule has 6 heteroatoms. The number of likely N-dealkylation sites (N-methyl/N-ethyl adjacent to an activating group) is 1. The van der Waals surface area contributed by atoms with Crippen molar-refractivity contribution in [3.8, 4) is 0 Å². The Morgan fingerprint density at radius 2 is 1.81 bits per heavy atom. The molecule has 0 aliphatic heterocycles. The zero-order valence-electron chi connectivity index (χ0n) is 10.2. The van der Waals surface area contributed by atoms with E-state index in [4.69, 9.17) is 5.73 Å². The molecule has 0 spiro atoms. The van der Waals surface area contributed by atoms with Crippen molar-refractivity contribution in [3.63, 3.8) is 0 Å². The first-order valence-electron chi connectivity index (χ1n) is 5.43. The van der Waals surface area contributed by atoms with Crippen LogP contribution in [0.2, 0.25) is 0 Å². The molecule has 5 N–H and O–H groups in total. The Bertz CT molecular complexity index is 231. The van der Waals surface area contributed by atoms with Gasteiger partial charge in [-0.15, -0.1) is 0 Å². The second-order valence-corrected chi connectivity index (χ2v) is 3.94. The Balaban J connectivity index is 3.71. The van der Waals surface area contributed by atoms with Crippen LogP contribution in [0.4, 0.5) is 0 Å². The number of hydrogen-bond acceptors (Lipinski definition) is 4. The van der Waals surface area contributed by atoms with Crippen molar-refractivity contribution in [1.82, 2.24) is 16.0 Å². The first-order chi connectivity index (χ1) is 7.49. The molecule has 1 unspecified atom stereocenters. The van der Waals surface area contributed by atoms with Gasteiger partial charge in [0.2, 0.25) is 11.8 Å². The Morgan fingerprint density at radius 1 is 1.19 bits per heavy atom. The van der Waals surface area contributed by atoms with Crippen molar-refractivity contribution in [2.24, 2.45) is 11.7 Å². The largest absolute Gasteiger partial charge is 0.353 e. The summed E-state index contributed by atoms with van der Waals surface area (Å²) >= 11 is 0. The Hall–Kier alpha value is -1.14. The number of carbonyl (C=O) groups is 2. The lowest BCUT2D eigenvalue weighted by Gasteiger charge is -2.15. The van der Waals surface area contributed by atoms with Gasteiger partial charge in [0, 0.05) is 13.1 Å². The van der Waals surface area contributed by atoms with Crippen LogP contribution in [-0.2, 0) is 9.59 Å². The third-order valence-electron chi connectivity index (χ3n) is 2.14. The summed E-state index contributed by atoms with van der Waals surface area (Å²) in [5.41, 5.74) is 5.61. The molecule has 0 heterocycles. The fourth-order valence-electron chi connectivity index (χ4n) is 0.977. The molecule has 0 aromatic carbocycles. The molecule has 0 rings (SSSR count). The van der Waals surface area contributed by atoms with Crippen LogP contribution in [0, 0.1) is 5.92 Å². The van der Waals surface area contributed by atoms with Gasteiger partial charge in [-0.3, -0.25) is 9.59 Å². The summed E-state index contributed by atoms with van der Waals surface area (Å²) < 4.78 is 0. The van der Waals surface area contributed by atoms with Crippen LogP contribution < -0.4 is 21.7 Å². The molecule has 6 nitrogen and oxygen atoms in total. The highest BCUT2D eigenvalue weighted by molar-refractivity contribution is 5.87. The lowest BCUT2D eigenvalue weighted by atomic mass is 10.1. The molecule has 94 valence electrons. The van der Waals surface area contributed by atoms with Crippen molar-refractivity contribution in [1.29, 1.82) is 0 Å². The van der Waals surface area contributed by atoms with Crippen molar-refractivity contribution in [2.45, 2.75) is 19.9 Å². The molecule has 0 aromatic rings. The number of amides is 2. The van der Waals surface area contributed by atoms with E-state index in [0.29, 0.717) is 13.1 Å². The van der Waals surface area contributed by atoms with Gasteiger partial charge in [0.05, 0.1) is 12.6 Å². The zero-order chi connectivity index (χ0) is 12.6. The number of carbonyl (C=O) groups excluding carboxylic acids is 2. The highest BCUT2D eigenvalue weighted by Gasteiger charge is 2.17. The lowest BCUT2D eigenvalue weighted by Crippen LogP contribution is -2.47. The molecule has 0 saturated carbocycles. The highest BCUT2D eigenvalue weighted by Crippen LogP contribution is 1.97. The van der Waals surface area contributed by atoms with E-state index in [-0.39, 0.29) is 24.3 Å². The third-order valence-corrected chi connectivity index (χ3v) is 2.14. The average molecular weight is 230 g/mol. The quantitative estimate of drug-likeness (QED) is 0.397. The van der Waals surface area contributed by atoms with E-state index in [0.717, 1.165) is 0 Å². The second kappa shape index (κ2) is 8.06. The van der Waals surface area contributed by atoms with Gasteiger partial charge in [-0.1, -0.05) is 13.8 Å². The topological polar surface area (TPSA) is 96.2 Å². The fourth-order valence-corrected chi connectivity index (χ4v) is 0.977. The van der Waals surface area contributed by atoms with Crippen LogP contribution in [-0.4, -0.2) is 44.5 Å². The minimum Gasteiger partial charge on any atom is -0.353 e. The van der Waals surface area contributed by atoms with Crippen LogP contribution in [0.5, 0.6) is 0 Å².